The maximum Gasteiger partial charge on any atom is 0.257 e. The fourth-order valence-corrected chi connectivity index (χ4v) is 3.45. The van der Waals surface area contributed by atoms with Gasteiger partial charge in [-0.05, 0) is 44.4 Å². The number of aromatic nitrogens is 2. The molecule has 0 fully saturated rings. The van der Waals surface area contributed by atoms with Gasteiger partial charge < -0.3 is 5.32 Å². The number of hydrogen-bond donors (Lipinski definition) is 1. The number of nitrogens with zero attached hydrogens (tertiary/aromatic N) is 2. The Bertz CT molecular complexity index is 1000. The van der Waals surface area contributed by atoms with Crippen LogP contribution in [-0.2, 0) is 6.54 Å². The van der Waals surface area contributed by atoms with E-state index in [-0.39, 0.29) is 18.3 Å². The molecule has 27 heavy (non-hydrogen) atoms. The largest absolute Gasteiger partial charge is 0.319 e. The molecule has 0 aliphatic rings. The minimum absolute atomic E-state index is 0.281. The van der Waals surface area contributed by atoms with E-state index in [0.29, 0.717) is 27.5 Å². The van der Waals surface area contributed by atoms with E-state index in [1.807, 2.05) is 19.2 Å². The third-order valence-electron chi connectivity index (χ3n) is 4.32. The second-order valence-corrected chi connectivity index (χ2v) is 7.38. The molecule has 2 aromatic carbocycles. The van der Waals surface area contributed by atoms with Gasteiger partial charge in [0.05, 0.1) is 34.2 Å². The summed E-state index contributed by atoms with van der Waals surface area (Å²) in [4.78, 5) is 13.7. The number of carbonyl (C=O) groups is 1. The number of rotatable bonds is 5. The van der Waals surface area contributed by atoms with E-state index in [2.05, 4.69) is 10.4 Å². The lowest BCUT2D eigenvalue weighted by molar-refractivity contribution is 0.102. The summed E-state index contributed by atoms with van der Waals surface area (Å²) >= 11 is 7.73. The summed E-state index contributed by atoms with van der Waals surface area (Å²) in [7, 11) is 0. The van der Waals surface area contributed by atoms with Gasteiger partial charge in [-0.2, -0.15) is 5.10 Å². The van der Waals surface area contributed by atoms with E-state index in [0.717, 1.165) is 10.6 Å². The van der Waals surface area contributed by atoms with Crippen molar-refractivity contribution < 1.29 is 9.18 Å². The normalized spacial score (nSPS) is 10.9. The van der Waals surface area contributed by atoms with Gasteiger partial charge in [-0.3, -0.25) is 9.48 Å². The van der Waals surface area contributed by atoms with Crippen LogP contribution in [0.1, 0.15) is 27.3 Å². The van der Waals surface area contributed by atoms with Crippen molar-refractivity contribution in [1.82, 2.24) is 9.78 Å². The second-order valence-electron chi connectivity index (χ2n) is 6.09. The highest BCUT2D eigenvalue weighted by atomic mass is 35.5. The Morgan fingerprint density at radius 1 is 1.26 bits per heavy atom. The van der Waals surface area contributed by atoms with E-state index in [4.69, 9.17) is 11.6 Å². The first-order chi connectivity index (χ1) is 12.9. The number of hydrogen-bond acceptors (Lipinski definition) is 3. The SMILES string of the molecule is CSc1ccc(Cl)c(C(=O)Nc2c(C)nn(Cc3ccccc3F)c2C)c1. The van der Waals surface area contributed by atoms with Crippen LogP contribution in [0.25, 0.3) is 0 Å². The lowest BCUT2D eigenvalue weighted by Crippen LogP contribution is -2.14. The van der Waals surface area contributed by atoms with Gasteiger partial charge in [0.2, 0.25) is 0 Å². The molecule has 0 aliphatic heterocycles. The topological polar surface area (TPSA) is 46.9 Å². The molecule has 3 aromatic rings. The van der Waals surface area contributed by atoms with Crippen molar-refractivity contribution in [2.24, 2.45) is 0 Å². The fraction of sp³-hybridized carbons (Fsp3) is 0.200. The van der Waals surface area contributed by atoms with Crippen molar-refractivity contribution in [1.29, 1.82) is 0 Å². The summed E-state index contributed by atoms with van der Waals surface area (Å²) < 4.78 is 15.6. The molecule has 0 saturated heterocycles. The van der Waals surface area contributed by atoms with Gasteiger partial charge in [-0.1, -0.05) is 29.8 Å². The smallest absolute Gasteiger partial charge is 0.257 e. The predicted molar refractivity (Wildman–Crippen MR) is 108 cm³/mol. The maximum absolute atomic E-state index is 13.9. The predicted octanol–water partition coefficient (Wildman–Crippen LogP) is 5.31. The molecule has 0 atom stereocenters. The number of nitrogens with one attached hydrogen (secondary N) is 1. The Kier molecular flexibility index (Phi) is 5.87. The summed E-state index contributed by atoms with van der Waals surface area (Å²) in [5, 5.41) is 7.73. The summed E-state index contributed by atoms with van der Waals surface area (Å²) in [6.45, 7) is 3.94. The highest BCUT2D eigenvalue weighted by Gasteiger charge is 2.18. The molecule has 0 aliphatic carbocycles. The van der Waals surface area contributed by atoms with E-state index >= 15 is 0 Å². The number of aryl methyl sites for hydroxylation is 1. The third kappa shape index (κ3) is 4.17. The quantitative estimate of drug-likeness (QED) is 0.587. The molecular weight excluding hydrogens is 385 g/mol. The van der Waals surface area contributed by atoms with Crippen LogP contribution in [0.5, 0.6) is 0 Å². The molecular formula is C20H19ClFN3OS. The molecule has 140 valence electrons. The first-order valence-electron chi connectivity index (χ1n) is 8.33. The van der Waals surface area contributed by atoms with E-state index < -0.39 is 0 Å². The summed E-state index contributed by atoms with van der Waals surface area (Å²) in [5.74, 6) is -0.580. The number of amides is 1. The van der Waals surface area contributed by atoms with Crippen LogP contribution in [0.3, 0.4) is 0 Å². The van der Waals surface area contributed by atoms with Crippen LogP contribution < -0.4 is 5.32 Å². The molecule has 7 heteroatoms. The number of anilines is 1. The van der Waals surface area contributed by atoms with Crippen molar-refractivity contribution in [3.05, 3.63) is 75.8 Å². The van der Waals surface area contributed by atoms with Crippen molar-refractivity contribution in [3.8, 4) is 0 Å². The fourth-order valence-electron chi connectivity index (χ4n) is 2.81. The molecule has 1 heterocycles. The summed E-state index contributed by atoms with van der Waals surface area (Å²) in [5.41, 5.74) is 2.97. The van der Waals surface area contributed by atoms with Gasteiger partial charge >= 0.3 is 0 Å². The number of thioether (sulfide) groups is 1. The molecule has 1 amide bonds. The molecule has 3 rings (SSSR count). The van der Waals surface area contributed by atoms with Crippen LogP contribution in [0.4, 0.5) is 10.1 Å². The average molecular weight is 404 g/mol. The molecule has 1 aromatic heterocycles. The van der Waals surface area contributed by atoms with Crippen molar-refractivity contribution in [2.45, 2.75) is 25.3 Å². The highest BCUT2D eigenvalue weighted by molar-refractivity contribution is 7.98. The Balaban J connectivity index is 1.87. The van der Waals surface area contributed by atoms with E-state index in [1.165, 1.54) is 17.8 Å². The zero-order chi connectivity index (χ0) is 19.6. The van der Waals surface area contributed by atoms with Crippen molar-refractivity contribution >= 4 is 35.0 Å². The van der Waals surface area contributed by atoms with Gasteiger partial charge in [0.25, 0.3) is 5.91 Å². The molecule has 0 radical (unpaired) electrons. The highest BCUT2D eigenvalue weighted by Crippen LogP contribution is 2.26. The Hall–Kier alpha value is -2.31. The maximum atomic E-state index is 13.9. The lowest BCUT2D eigenvalue weighted by Gasteiger charge is -2.09. The molecule has 4 nitrogen and oxygen atoms in total. The van der Waals surface area contributed by atoms with Crippen LogP contribution >= 0.6 is 23.4 Å². The molecule has 0 bridgehead atoms. The van der Waals surface area contributed by atoms with Crippen molar-refractivity contribution in [2.75, 3.05) is 11.6 Å². The summed E-state index contributed by atoms with van der Waals surface area (Å²) in [6.07, 6.45) is 1.94. The standard InChI is InChI=1S/C20H19ClFN3OS/c1-12-19(23-20(26)16-10-15(27-3)8-9-17(16)21)13(2)25(24-12)11-14-6-4-5-7-18(14)22/h4-10H,11H2,1-3H3,(H,23,26). The van der Waals surface area contributed by atoms with Crippen LogP contribution in [-0.4, -0.2) is 21.9 Å². The lowest BCUT2D eigenvalue weighted by atomic mass is 10.2. The third-order valence-corrected chi connectivity index (χ3v) is 5.37. The first kappa shape index (κ1) is 19.5. The number of carbonyl (C=O) groups excluding carboxylic acids is 1. The average Bonchev–Trinajstić information content (AvgIpc) is 2.91. The summed E-state index contributed by atoms with van der Waals surface area (Å²) in [6, 6.07) is 11.9. The van der Waals surface area contributed by atoms with Gasteiger partial charge in [-0.25, -0.2) is 4.39 Å². The first-order valence-corrected chi connectivity index (χ1v) is 9.93. The van der Waals surface area contributed by atoms with Crippen LogP contribution in [0, 0.1) is 19.7 Å². The van der Waals surface area contributed by atoms with Gasteiger partial charge in [0.15, 0.2) is 0 Å². The second kappa shape index (κ2) is 8.15. The zero-order valence-electron chi connectivity index (χ0n) is 15.2. The molecule has 0 unspecified atom stereocenters. The van der Waals surface area contributed by atoms with Gasteiger partial charge in [0.1, 0.15) is 5.82 Å². The Labute approximate surface area is 166 Å². The number of halogens is 2. The van der Waals surface area contributed by atoms with E-state index in [9.17, 15) is 9.18 Å². The molecule has 0 saturated carbocycles. The number of benzene rings is 2. The van der Waals surface area contributed by atoms with Crippen LogP contribution in [0.15, 0.2) is 47.4 Å². The van der Waals surface area contributed by atoms with E-state index in [1.54, 1.807) is 41.9 Å². The Morgan fingerprint density at radius 2 is 2.00 bits per heavy atom. The molecule has 1 N–H and O–H groups in total. The minimum atomic E-state index is -0.299. The molecule has 0 spiro atoms. The zero-order valence-corrected chi connectivity index (χ0v) is 16.8. The van der Waals surface area contributed by atoms with Crippen molar-refractivity contribution in [3.63, 3.8) is 0 Å². The minimum Gasteiger partial charge on any atom is -0.319 e. The van der Waals surface area contributed by atoms with Crippen LogP contribution in [0.2, 0.25) is 5.02 Å². The van der Waals surface area contributed by atoms with Gasteiger partial charge in [0, 0.05) is 10.5 Å². The monoisotopic (exact) mass is 403 g/mol. The Morgan fingerprint density at radius 3 is 2.70 bits per heavy atom. The van der Waals surface area contributed by atoms with Gasteiger partial charge in [-0.15, -0.1) is 11.8 Å².